The summed E-state index contributed by atoms with van der Waals surface area (Å²) in [5.74, 6) is -0.145. The Balaban J connectivity index is 1.65. The summed E-state index contributed by atoms with van der Waals surface area (Å²) in [7, 11) is 0. The van der Waals surface area contributed by atoms with Gasteiger partial charge in [0.1, 0.15) is 6.04 Å². The van der Waals surface area contributed by atoms with Crippen molar-refractivity contribution in [3.05, 3.63) is 58.2 Å². The summed E-state index contributed by atoms with van der Waals surface area (Å²) >= 11 is 6.32. The highest BCUT2D eigenvalue weighted by Gasteiger charge is 2.24. The molecule has 4 rings (SSSR count). The number of benzene rings is 2. The predicted octanol–water partition coefficient (Wildman–Crippen LogP) is 3.13. The number of nitrogens with one attached hydrogen (secondary N) is 4. The number of halogens is 1. The minimum atomic E-state index is -0.622. The van der Waals surface area contributed by atoms with Gasteiger partial charge in [-0.15, -0.1) is 0 Å². The molecule has 2 aromatic carbocycles. The largest absolute Gasteiger partial charge is 0.380 e. The highest BCUT2D eigenvalue weighted by atomic mass is 35.5. The average Bonchev–Trinajstić information content (AvgIpc) is 3.37. The van der Waals surface area contributed by atoms with Gasteiger partial charge in [0.05, 0.1) is 18.3 Å². The SMILES string of the molecule is CCOCCNC(=O)[C@H](Nc1ccc2c(c1)CNC2)c1cc(Cl)cc2[nH]ncc12. The molecule has 0 saturated heterocycles. The molecule has 0 bridgehead atoms. The Hall–Kier alpha value is -2.61. The number of nitrogens with zero attached hydrogens (tertiary/aromatic N) is 1. The van der Waals surface area contributed by atoms with Gasteiger partial charge >= 0.3 is 0 Å². The Labute approximate surface area is 174 Å². The average molecular weight is 414 g/mol. The number of anilines is 1. The molecule has 8 heteroatoms. The Bertz CT molecular complexity index is 1020. The molecular formula is C21H24ClN5O2. The molecule has 7 nitrogen and oxygen atoms in total. The van der Waals surface area contributed by atoms with E-state index in [2.05, 4.69) is 38.3 Å². The van der Waals surface area contributed by atoms with Crippen molar-refractivity contribution < 1.29 is 9.53 Å². The van der Waals surface area contributed by atoms with E-state index in [9.17, 15) is 4.79 Å². The number of hydrogen-bond acceptors (Lipinski definition) is 5. The fraction of sp³-hybridized carbons (Fsp3) is 0.333. The van der Waals surface area contributed by atoms with Crippen molar-refractivity contribution in [3.8, 4) is 0 Å². The van der Waals surface area contributed by atoms with Gasteiger partial charge in [0.25, 0.3) is 0 Å². The van der Waals surface area contributed by atoms with Gasteiger partial charge in [-0.3, -0.25) is 9.89 Å². The number of fused-ring (bicyclic) bond motifs is 2. The molecule has 0 spiro atoms. The second kappa shape index (κ2) is 8.82. The Morgan fingerprint density at radius 2 is 2.14 bits per heavy atom. The lowest BCUT2D eigenvalue weighted by Crippen LogP contribution is -2.35. The number of carbonyl (C=O) groups is 1. The fourth-order valence-electron chi connectivity index (χ4n) is 3.61. The zero-order valence-corrected chi connectivity index (χ0v) is 17.0. The summed E-state index contributed by atoms with van der Waals surface area (Å²) in [5, 5.41) is 18.1. The molecule has 1 aromatic heterocycles. The number of amides is 1. The molecular weight excluding hydrogens is 390 g/mol. The monoisotopic (exact) mass is 413 g/mol. The second-order valence-electron chi connectivity index (χ2n) is 6.98. The lowest BCUT2D eigenvalue weighted by molar-refractivity contribution is -0.122. The molecule has 0 radical (unpaired) electrons. The zero-order valence-electron chi connectivity index (χ0n) is 16.2. The lowest BCUT2D eigenvalue weighted by Gasteiger charge is -2.21. The predicted molar refractivity (Wildman–Crippen MR) is 114 cm³/mol. The quantitative estimate of drug-likeness (QED) is 0.426. The van der Waals surface area contributed by atoms with Crippen molar-refractivity contribution in [1.29, 1.82) is 0 Å². The maximum atomic E-state index is 13.1. The molecule has 3 aromatic rings. The molecule has 0 fully saturated rings. The molecule has 0 saturated carbocycles. The number of aromatic amines is 1. The smallest absolute Gasteiger partial charge is 0.247 e. The van der Waals surface area contributed by atoms with E-state index in [4.69, 9.17) is 16.3 Å². The summed E-state index contributed by atoms with van der Waals surface area (Å²) < 4.78 is 5.34. The molecule has 0 unspecified atom stereocenters. The van der Waals surface area contributed by atoms with Gasteiger partial charge in [-0.1, -0.05) is 17.7 Å². The first-order chi connectivity index (χ1) is 14.2. The third-order valence-electron chi connectivity index (χ3n) is 5.03. The fourth-order valence-corrected chi connectivity index (χ4v) is 3.84. The van der Waals surface area contributed by atoms with Gasteiger partial charge in [-0.2, -0.15) is 5.10 Å². The van der Waals surface area contributed by atoms with Crippen LogP contribution >= 0.6 is 11.6 Å². The van der Waals surface area contributed by atoms with Crippen molar-refractivity contribution in [2.24, 2.45) is 0 Å². The van der Waals surface area contributed by atoms with Crippen molar-refractivity contribution in [3.63, 3.8) is 0 Å². The van der Waals surface area contributed by atoms with Crippen molar-refractivity contribution in [1.82, 2.24) is 20.8 Å². The Morgan fingerprint density at radius 3 is 3.00 bits per heavy atom. The van der Waals surface area contributed by atoms with Crippen LogP contribution in [0.2, 0.25) is 5.02 Å². The molecule has 1 amide bonds. The molecule has 1 aliphatic rings. The van der Waals surface area contributed by atoms with Crippen LogP contribution in [0, 0.1) is 0 Å². The topological polar surface area (TPSA) is 91.1 Å². The number of aromatic nitrogens is 2. The molecule has 4 N–H and O–H groups in total. The van der Waals surface area contributed by atoms with Crippen molar-refractivity contribution in [2.75, 3.05) is 25.1 Å². The minimum Gasteiger partial charge on any atom is -0.380 e. The summed E-state index contributed by atoms with van der Waals surface area (Å²) in [5.41, 5.74) is 4.97. The molecule has 2 heterocycles. The van der Waals surface area contributed by atoms with E-state index < -0.39 is 6.04 Å². The number of carbonyl (C=O) groups excluding carboxylic acids is 1. The Morgan fingerprint density at radius 1 is 1.28 bits per heavy atom. The van der Waals surface area contributed by atoms with Crippen molar-refractivity contribution >= 4 is 34.1 Å². The van der Waals surface area contributed by atoms with Crippen LogP contribution in [-0.4, -0.2) is 35.9 Å². The van der Waals surface area contributed by atoms with E-state index in [1.165, 1.54) is 11.1 Å². The van der Waals surface area contributed by atoms with E-state index in [0.29, 0.717) is 24.8 Å². The highest BCUT2D eigenvalue weighted by molar-refractivity contribution is 6.31. The van der Waals surface area contributed by atoms with E-state index in [1.54, 1.807) is 12.3 Å². The second-order valence-corrected chi connectivity index (χ2v) is 7.42. The molecule has 29 heavy (non-hydrogen) atoms. The Kier molecular flexibility index (Phi) is 5.99. The van der Waals surface area contributed by atoms with Crippen LogP contribution in [0.25, 0.3) is 10.9 Å². The van der Waals surface area contributed by atoms with E-state index in [1.807, 2.05) is 19.1 Å². The highest BCUT2D eigenvalue weighted by Crippen LogP contribution is 2.31. The van der Waals surface area contributed by atoms with Gasteiger partial charge in [0.2, 0.25) is 5.91 Å². The standard InChI is InChI=1S/C21H24ClN5O2/c1-2-29-6-5-24-21(28)20(17-8-15(22)9-19-18(17)12-25-27-19)26-16-4-3-13-10-23-11-14(13)7-16/h3-4,7-9,12,20,23,26H,2,5-6,10-11H2,1H3,(H,24,28)(H,25,27)/t20-/m1/s1. The van der Waals surface area contributed by atoms with Crippen LogP contribution in [0.1, 0.15) is 29.7 Å². The third kappa shape index (κ3) is 4.37. The van der Waals surface area contributed by atoms with Gasteiger partial charge < -0.3 is 20.7 Å². The van der Waals surface area contributed by atoms with Crippen LogP contribution in [0.15, 0.2) is 36.5 Å². The molecule has 1 aliphatic heterocycles. The van der Waals surface area contributed by atoms with Gasteiger partial charge in [0.15, 0.2) is 0 Å². The van der Waals surface area contributed by atoms with Crippen LogP contribution in [0.5, 0.6) is 0 Å². The first kappa shape index (κ1) is 19.7. The first-order valence-electron chi connectivity index (χ1n) is 9.72. The van der Waals surface area contributed by atoms with E-state index in [-0.39, 0.29) is 5.91 Å². The van der Waals surface area contributed by atoms with Crippen LogP contribution in [0.4, 0.5) is 5.69 Å². The van der Waals surface area contributed by atoms with Crippen molar-refractivity contribution in [2.45, 2.75) is 26.1 Å². The zero-order chi connectivity index (χ0) is 20.2. The number of H-pyrrole nitrogens is 1. The molecule has 152 valence electrons. The summed E-state index contributed by atoms with van der Waals surface area (Å²) in [6, 6.07) is 9.18. The van der Waals surface area contributed by atoms with E-state index >= 15 is 0 Å². The van der Waals surface area contributed by atoms with Gasteiger partial charge in [-0.25, -0.2) is 0 Å². The third-order valence-corrected chi connectivity index (χ3v) is 5.24. The van der Waals surface area contributed by atoms with E-state index in [0.717, 1.165) is 35.2 Å². The first-order valence-corrected chi connectivity index (χ1v) is 10.1. The minimum absolute atomic E-state index is 0.145. The lowest BCUT2D eigenvalue weighted by atomic mass is 10.0. The number of rotatable bonds is 8. The van der Waals surface area contributed by atoms with Crippen LogP contribution < -0.4 is 16.0 Å². The van der Waals surface area contributed by atoms with Crippen LogP contribution in [0.3, 0.4) is 0 Å². The maximum absolute atomic E-state index is 13.1. The van der Waals surface area contributed by atoms with Gasteiger partial charge in [-0.05, 0) is 47.9 Å². The number of hydrogen-bond donors (Lipinski definition) is 4. The summed E-state index contributed by atoms with van der Waals surface area (Å²) in [6.45, 7) is 5.16. The number of ether oxygens (including phenoxy) is 1. The van der Waals surface area contributed by atoms with Gasteiger partial charge in [0, 0.05) is 42.3 Å². The van der Waals surface area contributed by atoms with Crippen LogP contribution in [-0.2, 0) is 22.6 Å². The normalized spacial score (nSPS) is 14.0. The molecule has 0 aliphatic carbocycles. The summed E-state index contributed by atoms with van der Waals surface area (Å²) in [4.78, 5) is 13.1. The molecule has 1 atom stereocenters. The maximum Gasteiger partial charge on any atom is 0.247 e. The summed E-state index contributed by atoms with van der Waals surface area (Å²) in [6.07, 6.45) is 1.72.